The van der Waals surface area contributed by atoms with Gasteiger partial charge in [-0.3, -0.25) is 0 Å². The highest BCUT2D eigenvalue weighted by molar-refractivity contribution is 4.93. The van der Waals surface area contributed by atoms with Gasteiger partial charge in [-0.05, 0) is 6.42 Å². The van der Waals surface area contributed by atoms with Crippen LogP contribution in [0.4, 0.5) is 0 Å². The normalized spacial score (nSPS) is 9.62. The Bertz CT molecular complexity index is 210. The van der Waals surface area contributed by atoms with Crippen molar-refractivity contribution >= 4 is 0 Å². The first-order valence-corrected chi connectivity index (χ1v) is 2.50. The minimum atomic E-state index is -0.304. The molecular formula is C5H7NO2. The monoisotopic (exact) mass is 113 g/mol. The quantitative estimate of drug-likeness (QED) is 0.577. The van der Waals surface area contributed by atoms with Crippen LogP contribution in [0, 0.1) is 0 Å². The molecular weight excluding hydrogens is 106 g/mol. The van der Waals surface area contributed by atoms with Crippen molar-refractivity contribution in [3.05, 3.63) is 22.2 Å². The van der Waals surface area contributed by atoms with Gasteiger partial charge in [0.1, 0.15) is 0 Å². The minimum absolute atomic E-state index is 0.304. The van der Waals surface area contributed by atoms with Crippen LogP contribution in [0.25, 0.3) is 0 Å². The lowest BCUT2D eigenvalue weighted by Gasteiger charge is -1.77. The number of aromatic nitrogens is 1. The molecule has 0 spiro atoms. The third kappa shape index (κ3) is 0.804. The molecule has 0 saturated carbocycles. The average Bonchev–Trinajstić information content (AvgIpc) is 2.14. The summed E-state index contributed by atoms with van der Waals surface area (Å²) in [6.07, 6.45) is 0.811. The fraction of sp³-hybridized carbons (Fsp3) is 0.400. The predicted octanol–water partition coefficient (Wildman–Crippen LogP) is 0.530. The summed E-state index contributed by atoms with van der Waals surface area (Å²) in [6, 6.07) is 1.44. The lowest BCUT2D eigenvalue weighted by molar-refractivity contribution is 0.385. The van der Waals surface area contributed by atoms with E-state index in [0.717, 1.165) is 12.1 Å². The number of rotatable bonds is 1. The van der Waals surface area contributed by atoms with Crippen molar-refractivity contribution < 1.29 is 4.52 Å². The third-order valence-corrected chi connectivity index (χ3v) is 0.956. The van der Waals surface area contributed by atoms with Crippen LogP contribution in [-0.4, -0.2) is 5.16 Å². The summed E-state index contributed by atoms with van der Waals surface area (Å²) in [7, 11) is 0. The summed E-state index contributed by atoms with van der Waals surface area (Å²) in [6.45, 7) is 1.95. The van der Waals surface area contributed by atoms with Crippen LogP contribution in [0.15, 0.2) is 15.4 Å². The summed E-state index contributed by atoms with van der Waals surface area (Å²) < 4.78 is 4.37. The predicted molar refractivity (Wildman–Crippen MR) is 28.7 cm³/mol. The fourth-order valence-corrected chi connectivity index (χ4v) is 0.491. The van der Waals surface area contributed by atoms with Crippen LogP contribution in [0.2, 0.25) is 0 Å². The van der Waals surface area contributed by atoms with E-state index in [9.17, 15) is 4.79 Å². The molecule has 0 aliphatic carbocycles. The first kappa shape index (κ1) is 5.15. The lowest BCUT2D eigenvalue weighted by atomic mass is 10.3. The zero-order valence-corrected chi connectivity index (χ0v) is 4.60. The molecule has 8 heavy (non-hydrogen) atoms. The molecule has 3 heteroatoms. The van der Waals surface area contributed by atoms with Crippen molar-refractivity contribution in [2.45, 2.75) is 13.3 Å². The second-order valence-electron chi connectivity index (χ2n) is 1.55. The van der Waals surface area contributed by atoms with E-state index in [-0.39, 0.29) is 5.63 Å². The van der Waals surface area contributed by atoms with Gasteiger partial charge in [0.15, 0.2) is 0 Å². The van der Waals surface area contributed by atoms with E-state index >= 15 is 0 Å². The third-order valence-electron chi connectivity index (χ3n) is 0.956. The number of H-pyrrole nitrogens is 1. The molecule has 0 amide bonds. The maximum Gasteiger partial charge on any atom is 0.357 e. The zero-order valence-electron chi connectivity index (χ0n) is 4.60. The Hall–Kier alpha value is -0.990. The van der Waals surface area contributed by atoms with E-state index in [0.29, 0.717) is 0 Å². The maximum absolute atomic E-state index is 10.3. The highest BCUT2D eigenvalue weighted by Gasteiger charge is 1.90. The summed E-state index contributed by atoms with van der Waals surface area (Å²) in [4.78, 5) is 10.3. The Morgan fingerprint density at radius 3 is 2.88 bits per heavy atom. The Balaban J connectivity index is 3.01. The standard InChI is InChI=1S/C5H7NO2/c1-2-4-3-5(7)8-6-4/h3,6H,2H2,1H3. The largest absolute Gasteiger partial charge is 0.357 e. The van der Waals surface area contributed by atoms with Gasteiger partial charge in [-0.2, -0.15) is 0 Å². The highest BCUT2D eigenvalue weighted by Crippen LogP contribution is 1.87. The van der Waals surface area contributed by atoms with Crippen LogP contribution in [0.5, 0.6) is 0 Å². The molecule has 1 aromatic rings. The van der Waals surface area contributed by atoms with Crippen molar-refractivity contribution in [1.82, 2.24) is 5.16 Å². The molecule has 0 saturated heterocycles. The number of nitrogens with one attached hydrogen (secondary N) is 1. The van der Waals surface area contributed by atoms with Crippen LogP contribution in [-0.2, 0) is 6.42 Å². The van der Waals surface area contributed by atoms with Gasteiger partial charge in [0.05, 0.1) is 5.69 Å². The minimum Gasteiger partial charge on any atom is -0.339 e. The van der Waals surface area contributed by atoms with E-state index in [1.165, 1.54) is 6.07 Å². The van der Waals surface area contributed by atoms with E-state index in [4.69, 9.17) is 0 Å². The van der Waals surface area contributed by atoms with E-state index in [2.05, 4.69) is 9.68 Å². The molecule has 0 aliphatic rings. The summed E-state index contributed by atoms with van der Waals surface area (Å²) in [5.74, 6) is 0. The number of aryl methyl sites for hydroxylation is 1. The molecule has 0 unspecified atom stereocenters. The molecule has 1 heterocycles. The maximum atomic E-state index is 10.3. The molecule has 0 fully saturated rings. The Kier molecular flexibility index (Phi) is 1.20. The molecule has 3 nitrogen and oxygen atoms in total. The number of hydrogen-bond donors (Lipinski definition) is 1. The zero-order chi connectivity index (χ0) is 5.98. The van der Waals surface area contributed by atoms with Crippen LogP contribution in [0.1, 0.15) is 12.6 Å². The summed E-state index contributed by atoms with van der Waals surface area (Å²) in [5.41, 5.74) is 0.539. The van der Waals surface area contributed by atoms with Gasteiger partial charge >= 0.3 is 5.63 Å². The first-order chi connectivity index (χ1) is 3.83. The molecule has 0 aliphatic heterocycles. The van der Waals surface area contributed by atoms with E-state index < -0.39 is 0 Å². The second kappa shape index (κ2) is 1.86. The van der Waals surface area contributed by atoms with E-state index in [1.54, 1.807) is 0 Å². The van der Waals surface area contributed by atoms with Crippen LogP contribution < -0.4 is 5.63 Å². The Morgan fingerprint density at radius 1 is 1.88 bits per heavy atom. The molecule has 44 valence electrons. The molecule has 0 atom stereocenters. The van der Waals surface area contributed by atoms with Gasteiger partial charge in [-0.25, -0.2) is 9.95 Å². The Labute approximate surface area is 46.3 Å². The van der Waals surface area contributed by atoms with E-state index in [1.807, 2.05) is 6.92 Å². The summed E-state index contributed by atoms with van der Waals surface area (Å²) in [5, 5.41) is 2.47. The van der Waals surface area contributed by atoms with Gasteiger partial charge in [0.25, 0.3) is 0 Å². The van der Waals surface area contributed by atoms with Crippen molar-refractivity contribution in [3.63, 3.8) is 0 Å². The SMILES string of the molecule is CCc1cc(=O)o[nH]1. The van der Waals surface area contributed by atoms with Gasteiger partial charge in [-0.15, -0.1) is 0 Å². The van der Waals surface area contributed by atoms with Crippen molar-refractivity contribution in [2.24, 2.45) is 0 Å². The van der Waals surface area contributed by atoms with Crippen LogP contribution >= 0.6 is 0 Å². The topological polar surface area (TPSA) is 46.0 Å². The second-order valence-corrected chi connectivity index (χ2v) is 1.55. The van der Waals surface area contributed by atoms with Crippen molar-refractivity contribution in [3.8, 4) is 0 Å². The molecule has 1 N–H and O–H groups in total. The number of aromatic amines is 1. The highest BCUT2D eigenvalue weighted by atomic mass is 16.5. The fourth-order valence-electron chi connectivity index (χ4n) is 0.491. The van der Waals surface area contributed by atoms with Gasteiger partial charge < -0.3 is 4.52 Å². The molecule has 1 aromatic heterocycles. The van der Waals surface area contributed by atoms with Crippen molar-refractivity contribution in [2.75, 3.05) is 0 Å². The molecule has 1 rings (SSSR count). The van der Waals surface area contributed by atoms with Gasteiger partial charge in [-0.1, -0.05) is 6.92 Å². The first-order valence-electron chi connectivity index (χ1n) is 2.50. The molecule has 0 bridgehead atoms. The lowest BCUT2D eigenvalue weighted by Crippen LogP contribution is -1.85. The smallest absolute Gasteiger partial charge is 0.339 e. The van der Waals surface area contributed by atoms with Gasteiger partial charge in [0.2, 0.25) is 0 Å². The van der Waals surface area contributed by atoms with Gasteiger partial charge in [0, 0.05) is 6.07 Å². The summed E-state index contributed by atoms with van der Waals surface area (Å²) >= 11 is 0. The molecule has 0 aromatic carbocycles. The molecule has 0 radical (unpaired) electrons. The Morgan fingerprint density at radius 2 is 2.62 bits per heavy atom. The average molecular weight is 113 g/mol. The van der Waals surface area contributed by atoms with Crippen LogP contribution in [0.3, 0.4) is 0 Å². The number of hydrogen-bond acceptors (Lipinski definition) is 2. The van der Waals surface area contributed by atoms with Crippen molar-refractivity contribution in [1.29, 1.82) is 0 Å².